The predicted molar refractivity (Wildman–Crippen MR) is 90.1 cm³/mol. The van der Waals surface area contributed by atoms with Gasteiger partial charge in [0.1, 0.15) is 11.9 Å². The maximum atomic E-state index is 11.6. The van der Waals surface area contributed by atoms with Crippen LogP contribution in [0.4, 0.5) is 5.69 Å². The Morgan fingerprint density at radius 3 is 2.70 bits per heavy atom. The number of likely N-dealkylation sites (tertiary alicyclic amines) is 1. The Kier molecular flexibility index (Phi) is 4.20. The smallest absolute Gasteiger partial charge is 0.344 e. The molecule has 0 radical (unpaired) electrons. The Bertz CT molecular complexity index is 722. The van der Waals surface area contributed by atoms with Crippen molar-refractivity contribution in [3.05, 3.63) is 23.8 Å². The Morgan fingerprint density at radius 1 is 1.35 bits per heavy atom. The van der Waals surface area contributed by atoms with Gasteiger partial charge in [-0.25, -0.2) is 0 Å². The summed E-state index contributed by atoms with van der Waals surface area (Å²) in [6.45, 7) is 6.37. The minimum Gasteiger partial charge on any atom is -0.489 e. The van der Waals surface area contributed by atoms with Crippen LogP contribution in [-0.4, -0.2) is 44.4 Å². The molecular formula is C15H22N4O3S. The highest BCUT2D eigenvalue weighted by Crippen LogP contribution is 2.32. The van der Waals surface area contributed by atoms with Crippen LogP contribution in [-0.2, 0) is 10.2 Å². The van der Waals surface area contributed by atoms with Gasteiger partial charge in [0.2, 0.25) is 0 Å². The number of hydrogen-bond donors (Lipinski definition) is 2. The maximum Gasteiger partial charge on any atom is 0.344 e. The second-order valence-electron chi connectivity index (χ2n) is 6.18. The maximum absolute atomic E-state index is 11.6. The van der Waals surface area contributed by atoms with Crippen molar-refractivity contribution in [2.75, 3.05) is 17.8 Å². The van der Waals surface area contributed by atoms with Crippen molar-refractivity contribution in [3.63, 3.8) is 0 Å². The minimum atomic E-state index is -3.76. The van der Waals surface area contributed by atoms with Crippen LogP contribution in [0, 0.1) is 0 Å². The van der Waals surface area contributed by atoms with E-state index in [1.165, 1.54) is 0 Å². The average Bonchev–Trinajstić information content (AvgIpc) is 2.46. The lowest BCUT2D eigenvalue weighted by Gasteiger charge is -2.35. The number of anilines is 1. The third kappa shape index (κ3) is 3.42. The van der Waals surface area contributed by atoms with E-state index in [-0.39, 0.29) is 11.9 Å². The molecular weight excluding hydrogens is 316 g/mol. The number of nitrogens with one attached hydrogen (secondary N) is 1. The Labute approximate surface area is 136 Å². The summed E-state index contributed by atoms with van der Waals surface area (Å²) < 4.78 is 35.2. The molecule has 0 atom stereocenters. The van der Waals surface area contributed by atoms with Gasteiger partial charge in [0.05, 0.1) is 11.3 Å². The zero-order chi connectivity index (χ0) is 16.6. The van der Waals surface area contributed by atoms with Crippen molar-refractivity contribution < 1.29 is 13.2 Å². The Balaban J connectivity index is 1.78. The van der Waals surface area contributed by atoms with Gasteiger partial charge in [-0.1, -0.05) is 6.07 Å². The molecule has 3 rings (SSSR count). The molecule has 0 bridgehead atoms. The fraction of sp³-hybridized carbons (Fsp3) is 0.533. The summed E-state index contributed by atoms with van der Waals surface area (Å²) in [4.78, 5) is 2.42. The van der Waals surface area contributed by atoms with Gasteiger partial charge in [-0.05, 0) is 38.8 Å². The number of benzene rings is 1. The van der Waals surface area contributed by atoms with Crippen LogP contribution in [0.2, 0.25) is 0 Å². The van der Waals surface area contributed by atoms with Crippen LogP contribution in [0.3, 0.4) is 0 Å². The first-order valence-corrected chi connectivity index (χ1v) is 9.22. The first kappa shape index (κ1) is 16.1. The third-order valence-electron chi connectivity index (χ3n) is 4.24. The molecule has 1 fully saturated rings. The van der Waals surface area contributed by atoms with Gasteiger partial charge in [0, 0.05) is 19.1 Å². The van der Waals surface area contributed by atoms with E-state index >= 15 is 0 Å². The molecule has 1 aromatic rings. The molecule has 2 aliphatic heterocycles. The minimum absolute atomic E-state index is 0.0334. The molecule has 2 aliphatic rings. The summed E-state index contributed by atoms with van der Waals surface area (Å²) in [6.07, 6.45) is 1.97. The number of rotatable bonds is 3. The lowest BCUT2D eigenvalue weighted by atomic mass is 10.1. The average molecular weight is 338 g/mol. The van der Waals surface area contributed by atoms with Gasteiger partial charge in [0.15, 0.2) is 5.84 Å². The van der Waals surface area contributed by atoms with Crippen molar-refractivity contribution in [1.82, 2.24) is 4.90 Å². The van der Waals surface area contributed by atoms with Crippen LogP contribution < -0.4 is 15.2 Å². The van der Waals surface area contributed by atoms with Crippen LogP contribution in [0.15, 0.2) is 22.6 Å². The fourth-order valence-electron chi connectivity index (χ4n) is 3.01. The molecule has 23 heavy (non-hydrogen) atoms. The van der Waals surface area contributed by atoms with Crippen LogP contribution in [0.25, 0.3) is 0 Å². The van der Waals surface area contributed by atoms with Crippen LogP contribution in [0.1, 0.15) is 32.3 Å². The zero-order valence-corrected chi connectivity index (χ0v) is 14.1. The van der Waals surface area contributed by atoms with Gasteiger partial charge in [-0.2, -0.15) is 8.42 Å². The largest absolute Gasteiger partial charge is 0.489 e. The van der Waals surface area contributed by atoms with E-state index in [0.717, 1.165) is 25.9 Å². The van der Waals surface area contributed by atoms with E-state index < -0.39 is 10.2 Å². The van der Waals surface area contributed by atoms with Gasteiger partial charge >= 0.3 is 10.2 Å². The Hall–Kier alpha value is -1.80. The molecule has 2 heterocycles. The molecule has 8 heteroatoms. The second-order valence-corrected chi connectivity index (χ2v) is 7.52. The third-order valence-corrected chi connectivity index (χ3v) is 5.16. The highest BCUT2D eigenvalue weighted by molar-refractivity contribution is 7.91. The number of nitrogens with zero attached hydrogens (tertiary/aromatic N) is 2. The van der Waals surface area contributed by atoms with E-state index in [2.05, 4.69) is 27.9 Å². The number of ether oxygens (including phenoxy) is 1. The molecule has 1 aromatic carbocycles. The van der Waals surface area contributed by atoms with Gasteiger partial charge in [-0.15, -0.1) is 4.40 Å². The first-order chi connectivity index (χ1) is 10.9. The van der Waals surface area contributed by atoms with Crippen molar-refractivity contribution in [1.29, 1.82) is 0 Å². The molecule has 0 amide bonds. The highest BCUT2D eigenvalue weighted by atomic mass is 32.2. The van der Waals surface area contributed by atoms with E-state index in [9.17, 15) is 8.42 Å². The molecule has 0 saturated carbocycles. The lowest BCUT2D eigenvalue weighted by Crippen LogP contribution is -2.42. The quantitative estimate of drug-likeness (QED) is 0.866. The second kappa shape index (κ2) is 6.01. The van der Waals surface area contributed by atoms with E-state index in [0.29, 0.717) is 23.0 Å². The summed E-state index contributed by atoms with van der Waals surface area (Å²) >= 11 is 0. The highest BCUT2D eigenvalue weighted by Gasteiger charge is 2.27. The zero-order valence-electron chi connectivity index (χ0n) is 13.3. The molecule has 0 aliphatic carbocycles. The van der Waals surface area contributed by atoms with Crippen LogP contribution in [0.5, 0.6) is 5.75 Å². The number of amidine groups is 1. The molecule has 126 valence electrons. The summed E-state index contributed by atoms with van der Waals surface area (Å²) in [6, 6.07) is 5.74. The molecule has 0 spiro atoms. The fourth-order valence-corrected chi connectivity index (χ4v) is 3.85. The molecule has 0 unspecified atom stereocenters. The summed E-state index contributed by atoms with van der Waals surface area (Å²) in [7, 11) is -3.76. The van der Waals surface area contributed by atoms with Crippen molar-refractivity contribution in [2.45, 2.75) is 38.8 Å². The number of piperidine rings is 1. The topological polar surface area (TPSA) is 97.0 Å². The SMILES string of the molecule is CC(C)N1CCC(Oc2cccc3c2C(N)=NS(=O)(=O)N3)CC1. The number of hydrogen-bond acceptors (Lipinski definition) is 5. The predicted octanol–water partition coefficient (Wildman–Crippen LogP) is 1.31. The van der Waals surface area contributed by atoms with E-state index in [4.69, 9.17) is 10.5 Å². The standard InChI is InChI=1S/C15H22N4O3S/c1-10(2)19-8-6-11(7-9-19)22-13-5-3-4-12-14(13)15(16)18-23(20,21)17-12/h3-5,10-11,17H,6-9H2,1-2H3,(H2,16,18). The van der Waals surface area contributed by atoms with Gasteiger partial charge < -0.3 is 15.4 Å². The Morgan fingerprint density at radius 2 is 2.04 bits per heavy atom. The molecule has 3 N–H and O–H groups in total. The molecule has 0 aromatic heterocycles. The van der Waals surface area contributed by atoms with Crippen LogP contribution >= 0.6 is 0 Å². The first-order valence-electron chi connectivity index (χ1n) is 7.78. The van der Waals surface area contributed by atoms with Crippen molar-refractivity contribution >= 4 is 21.7 Å². The summed E-state index contributed by atoms with van der Waals surface area (Å²) in [5.74, 6) is 0.545. The van der Waals surface area contributed by atoms with E-state index in [1.54, 1.807) is 18.2 Å². The molecule has 7 nitrogen and oxygen atoms in total. The summed E-state index contributed by atoms with van der Waals surface area (Å²) in [5, 5.41) is 0. The normalized spacial score (nSPS) is 21.4. The monoisotopic (exact) mass is 338 g/mol. The van der Waals surface area contributed by atoms with Gasteiger partial charge in [-0.3, -0.25) is 4.72 Å². The number of fused-ring (bicyclic) bond motifs is 1. The van der Waals surface area contributed by atoms with E-state index in [1.807, 2.05) is 0 Å². The van der Waals surface area contributed by atoms with Crippen molar-refractivity contribution in [3.8, 4) is 5.75 Å². The molecule has 1 saturated heterocycles. The lowest BCUT2D eigenvalue weighted by molar-refractivity contribution is 0.0842. The van der Waals surface area contributed by atoms with Crippen molar-refractivity contribution in [2.24, 2.45) is 10.1 Å². The number of nitrogens with two attached hydrogens (primary N) is 1. The van der Waals surface area contributed by atoms with Gasteiger partial charge in [0.25, 0.3) is 0 Å². The summed E-state index contributed by atoms with van der Waals surface area (Å²) in [5.41, 5.74) is 6.77.